The average Bonchev–Trinajstić information content (AvgIpc) is 3.33. The minimum atomic E-state index is -3.83. The normalized spacial score (nSPS) is 21.2. The minimum absolute atomic E-state index is 0. The second kappa shape index (κ2) is 9.14. The fraction of sp³-hybridized carbons (Fsp3) is 0.286. The van der Waals surface area contributed by atoms with Crippen LogP contribution in [0.2, 0.25) is 0 Å². The maximum atomic E-state index is 13.3. The van der Waals surface area contributed by atoms with Gasteiger partial charge in [0.1, 0.15) is 4.90 Å². The smallest absolute Gasteiger partial charge is 0.363 e. The molecular formula is C28H29N2O7S+. The summed E-state index contributed by atoms with van der Waals surface area (Å²) in [5.74, 6) is 0.151. The Morgan fingerprint density at radius 1 is 0.974 bits per heavy atom. The summed E-state index contributed by atoms with van der Waals surface area (Å²) in [4.78, 5) is 24.9. The van der Waals surface area contributed by atoms with Crippen LogP contribution in [0.4, 0.5) is 5.69 Å². The van der Waals surface area contributed by atoms with E-state index >= 15 is 0 Å². The average molecular weight is 538 g/mol. The second-order valence-corrected chi connectivity index (χ2v) is 12.0. The molecule has 2 heterocycles. The van der Waals surface area contributed by atoms with Crippen LogP contribution in [0.3, 0.4) is 0 Å². The molecule has 9 nitrogen and oxygen atoms in total. The van der Waals surface area contributed by atoms with Crippen LogP contribution in [0.15, 0.2) is 71.6 Å². The van der Waals surface area contributed by atoms with Crippen molar-refractivity contribution in [2.75, 3.05) is 18.7 Å². The van der Waals surface area contributed by atoms with Gasteiger partial charge in [-0.05, 0) is 65.9 Å². The van der Waals surface area contributed by atoms with Gasteiger partial charge in [0.05, 0.1) is 12.0 Å². The third kappa shape index (κ3) is 4.19. The first-order valence-corrected chi connectivity index (χ1v) is 14.0. The van der Waals surface area contributed by atoms with Gasteiger partial charge in [0.2, 0.25) is 12.7 Å². The number of carbonyl (C=O) groups excluding carboxylic acids is 1. The SMILES string of the molecule is O=C(O)[C@@H]1CCC[NH+]1S(=O)(=O)c1ccc(-c2cccc(NC(=O)C3(c4ccc5c(c4)OCO5)CC3)c2)cc1.[HH]. The Balaban J connectivity index is 0.00000308. The first-order valence-electron chi connectivity index (χ1n) is 12.5. The molecule has 1 unspecified atom stereocenters. The van der Waals surface area contributed by atoms with Crippen LogP contribution < -0.4 is 19.1 Å². The maximum Gasteiger partial charge on any atom is 0.363 e. The van der Waals surface area contributed by atoms with Crippen molar-refractivity contribution >= 4 is 27.6 Å². The van der Waals surface area contributed by atoms with Crippen LogP contribution in [-0.4, -0.2) is 44.8 Å². The lowest BCUT2D eigenvalue weighted by Gasteiger charge is -2.18. The van der Waals surface area contributed by atoms with Gasteiger partial charge in [-0.25, -0.2) is 9.10 Å². The molecule has 1 aliphatic carbocycles. The zero-order valence-electron chi connectivity index (χ0n) is 20.5. The zero-order chi connectivity index (χ0) is 26.5. The van der Waals surface area contributed by atoms with E-state index in [4.69, 9.17) is 9.47 Å². The highest BCUT2D eigenvalue weighted by atomic mass is 32.2. The Bertz CT molecular complexity index is 1540. The summed E-state index contributed by atoms with van der Waals surface area (Å²) in [6.45, 7) is 0.455. The Morgan fingerprint density at radius 2 is 1.74 bits per heavy atom. The Morgan fingerprint density at radius 3 is 2.47 bits per heavy atom. The number of carbonyl (C=O) groups is 2. The van der Waals surface area contributed by atoms with E-state index in [9.17, 15) is 23.1 Å². The molecule has 6 rings (SSSR count). The molecule has 38 heavy (non-hydrogen) atoms. The molecule has 3 aromatic rings. The lowest BCUT2D eigenvalue weighted by molar-refractivity contribution is -0.771. The fourth-order valence-electron chi connectivity index (χ4n) is 5.37. The summed E-state index contributed by atoms with van der Waals surface area (Å²) in [6.07, 6.45) is 2.39. The van der Waals surface area contributed by atoms with E-state index in [1.807, 2.05) is 42.5 Å². The fourth-order valence-corrected chi connectivity index (χ4v) is 7.17. The third-order valence-corrected chi connectivity index (χ3v) is 9.75. The van der Waals surface area contributed by atoms with Crippen LogP contribution in [0.1, 0.15) is 32.7 Å². The lowest BCUT2D eigenvalue weighted by atomic mass is 9.94. The van der Waals surface area contributed by atoms with Crippen LogP contribution >= 0.6 is 0 Å². The monoisotopic (exact) mass is 537 g/mol. The van der Waals surface area contributed by atoms with E-state index in [1.54, 1.807) is 12.1 Å². The molecule has 0 aromatic heterocycles. The van der Waals surface area contributed by atoms with Gasteiger partial charge in [-0.1, -0.05) is 30.3 Å². The van der Waals surface area contributed by atoms with Crippen molar-refractivity contribution in [3.63, 3.8) is 0 Å². The van der Waals surface area contributed by atoms with Gasteiger partial charge in [-0.2, -0.15) is 8.42 Å². The molecule has 1 saturated carbocycles. The number of hydrogen-bond acceptors (Lipinski definition) is 6. The van der Waals surface area contributed by atoms with E-state index in [0.717, 1.165) is 29.5 Å². The second-order valence-electron chi connectivity index (χ2n) is 9.96. The standard InChI is InChI=1S/C28H26N2O7S.H2/c31-26(32)23-5-2-14-30(23)38(34,35)22-9-6-18(7-10-22)19-3-1-4-21(15-19)29-27(33)28(12-13-28)20-8-11-24-25(16-20)37-17-36-24;/h1,3-4,6-11,15-16,23H,2,5,12-14,17H2,(H,29,33)(H,31,32);1H/p+1/t23-;/m0./s1. The number of anilines is 1. The summed E-state index contributed by atoms with van der Waals surface area (Å²) in [6, 6.07) is 18.5. The highest BCUT2D eigenvalue weighted by Crippen LogP contribution is 2.51. The maximum absolute atomic E-state index is 13.3. The number of sulfonamides is 1. The molecule has 2 fully saturated rings. The summed E-state index contributed by atoms with van der Waals surface area (Å²) in [5, 5.41) is 12.4. The van der Waals surface area contributed by atoms with Gasteiger partial charge in [0.15, 0.2) is 17.5 Å². The number of nitrogens with one attached hydrogen (secondary N) is 2. The number of carboxylic acid groups (broad SMARTS) is 1. The number of fused-ring (bicyclic) bond motifs is 1. The molecule has 1 saturated heterocycles. The van der Waals surface area contributed by atoms with Crippen LogP contribution in [0.25, 0.3) is 11.1 Å². The van der Waals surface area contributed by atoms with Crippen molar-refractivity contribution in [3.05, 3.63) is 72.3 Å². The molecule has 0 bridgehead atoms. The first kappa shape index (κ1) is 24.4. The van der Waals surface area contributed by atoms with Gasteiger partial charge < -0.3 is 19.9 Å². The molecule has 3 aromatic carbocycles. The molecule has 198 valence electrons. The third-order valence-electron chi connectivity index (χ3n) is 7.68. The highest BCUT2D eigenvalue weighted by Gasteiger charge is 2.51. The van der Waals surface area contributed by atoms with Crippen molar-refractivity contribution in [2.45, 2.75) is 42.0 Å². The van der Waals surface area contributed by atoms with Gasteiger partial charge in [-0.3, -0.25) is 4.79 Å². The van der Waals surface area contributed by atoms with Gasteiger partial charge >= 0.3 is 16.0 Å². The van der Waals surface area contributed by atoms with Crippen molar-refractivity contribution in [1.82, 2.24) is 0 Å². The van der Waals surface area contributed by atoms with Crippen molar-refractivity contribution in [2.24, 2.45) is 0 Å². The number of amides is 1. The van der Waals surface area contributed by atoms with E-state index in [0.29, 0.717) is 30.0 Å². The Hall–Kier alpha value is -3.89. The number of benzene rings is 3. The van der Waals surface area contributed by atoms with E-state index in [1.165, 1.54) is 12.1 Å². The Labute approximate surface area is 221 Å². The highest BCUT2D eigenvalue weighted by molar-refractivity contribution is 7.85. The van der Waals surface area contributed by atoms with Gasteiger partial charge in [0.25, 0.3) is 0 Å². The van der Waals surface area contributed by atoms with Gasteiger partial charge in [-0.15, -0.1) is 0 Å². The summed E-state index contributed by atoms with van der Waals surface area (Å²) in [5.41, 5.74) is 2.54. The summed E-state index contributed by atoms with van der Waals surface area (Å²) < 4.78 is 37.1. The molecule has 2 atom stereocenters. The number of hydrogen-bond donors (Lipinski definition) is 3. The van der Waals surface area contributed by atoms with E-state index in [2.05, 4.69) is 5.32 Å². The molecule has 3 N–H and O–H groups in total. The number of rotatable bonds is 7. The van der Waals surface area contributed by atoms with E-state index in [-0.39, 0.29) is 29.9 Å². The minimum Gasteiger partial charge on any atom is -0.477 e. The molecule has 1 amide bonds. The van der Waals surface area contributed by atoms with E-state index < -0.39 is 27.4 Å². The summed E-state index contributed by atoms with van der Waals surface area (Å²) in [7, 11) is -3.83. The zero-order valence-corrected chi connectivity index (χ0v) is 21.3. The Kier molecular flexibility index (Phi) is 5.88. The van der Waals surface area contributed by atoms with Crippen LogP contribution in [-0.2, 0) is 25.0 Å². The molecule has 3 aliphatic rings. The molecule has 2 aliphatic heterocycles. The van der Waals surface area contributed by atoms with Gasteiger partial charge in [0, 0.05) is 20.0 Å². The predicted molar refractivity (Wildman–Crippen MR) is 140 cm³/mol. The number of ether oxygens (including phenoxy) is 2. The number of aliphatic carboxylic acids is 1. The molecule has 0 radical (unpaired) electrons. The number of quaternary nitrogens is 1. The first-order chi connectivity index (χ1) is 18.3. The molecule has 10 heteroatoms. The van der Waals surface area contributed by atoms with Crippen molar-refractivity contribution in [3.8, 4) is 22.6 Å². The largest absolute Gasteiger partial charge is 0.477 e. The van der Waals surface area contributed by atoms with Crippen molar-refractivity contribution in [1.29, 1.82) is 0 Å². The molecular weight excluding hydrogens is 508 g/mol. The number of carboxylic acids is 1. The quantitative estimate of drug-likeness (QED) is 0.424. The van der Waals surface area contributed by atoms with Crippen LogP contribution in [0.5, 0.6) is 11.5 Å². The van der Waals surface area contributed by atoms with Crippen LogP contribution in [0, 0.1) is 0 Å². The summed E-state index contributed by atoms with van der Waals surface area (Å²) >= 11 is 0. The topological polar surface area (TPSA) is 123 Å². The van der Waals surface area contributed by atoms with Crippen molar-refractivity contribution < 1.29 is 38.3 Å². The predicted octanol–water partition coefficient (Wildman–Crippen LogP) is 2.82. The lowest BCUT2D eigenvalue weighted by Crippen LogP contribution is -3.16. The molecule has 0 spiro atoms.